The highest BCUT2D eigenvalue weighted by Gasteiger charge is 2.06. The summed E-state index contributed by atoms with van der Waals surface area (Å²) in [5.74, 6) is 0.959. The maximum Gasteiger partial charge on any atom is 0.145 e. The first kappa shape index (κ1) is 13.5. The van der Waals surface area contributed by atoms with Gasteiger partial charge in [0.2, 0.25) is 0 Å². The van der Waals surface area contributed by atoms with Crippen molar-refractivity contribution in [3.8, 4) is 11.5 Å². The molecule has 2 N–H and O–H groups in total. The normalized spacial score (nSPS) is 12.2. The molecule has 0 fully saturated rings. The van der Waals surface area contributed by atoms with E-state index in [0.717, 1.165) is 12.1 Å². The minimum absolute atomic E-state index is 0.0536. The number of ether oxygens (including phenoxy) is 1. The van der Waals surface area contributed by atoms with Crippen LogP contribution in [-0.4, -0.2) is 4.98 Å². The first-order valence-electron chi connectivity index (χ1n) is 6.25. The highest BCUT2D eigenvalue weighted by Crippen LogP contribution is 2.23. The van der Waals surface area contributed by atoms with Gasteiger partial charge < -0.3 is 10.5 Å². The van der Waals surface area contributed by atoms with Crippen molar-refractivity contribution in [2.24, 2.45) is 5.73 Å². The molecule has 2 rings (SSSR count). The second kappa shape index (κ2) is 5.80. The number of aromatic nitrogens is 1. The molecule has 0 unspecified atom stereocenters. The van der Waals surface area contributed by atoms with Gasteiger partial charge in [-0.3, -0.25) is 4.98 Å². The number of nitrogens with two attached hydrogens (primary N) is 1. The molecule has 2 aromatic rings. The zero-order chi connectivity index (χ0) is 13.8. The molecule has 0 aliphatic rings. The number of halogens is 1. The molecule has 0 radical (unpaired) electrons. The number of nitrogens with zero attached hydrogens (tertiary/aromatic N) is 1. The van der Waals surface area contributed by atoms with E-state index in [2.05, 4.69) is 4.98 Å². The average Bonchev–Trinajstić information content (AvgIpc) is 2.43. The number of hydrogen-bond donors (Lipinski definition) is 1. The van der Waals surface area contributed by atoms with Crippen LogP contribution in [0.3, 0.4) is 0 Å². The summed E-state index contributed by atoms with van der Waals surface area (Å²) in [5, 5.41) is 0. The zero-order valence-electron chi connectivity index (χ0n) is 11.1. The number of pyridine rings is 1. The highest BCUT2D eigenvalue weighted by molar-refractivity contribution is 5.33. The third-order valence-corrected chi connectivity index (χ3v) is 2.94. The molecule has 1 aromatic heterocycles. The van der Waals surface area contributed by atoms with E-state index in [1.165, 1.54) is 6.07 Å². The van der Waals surface area contributed by atoms with Crippen LogP contribution >= 0.6 is 0 Å². The molecular formula is C15H17FN2O. The summed E-state index contributed by atoms with van der Waals surface area (Å²) < 4.78 is 18.7. The predicted octanol–water partition coefficient (Wildman–Crippen LogP) is 3.73. The van der Waals surface area contributed by atoms with E-state index >= 15 is 0 Å². The third kappa shape index (κ3) is 3.29. The fraction of sp³-hybridized carbons (Fsp3) is 0.267. The lowest BCUT2D eigenvalue weighted by Crippen LogP contribution is -2.10. The van der Waals surface area contributed by atoms with Crippen molar-refractivity contribution in [1.29, 1.82) is 0 Å². The molecule has 0 bridgehead atoms. The van der Waals surface area contributed by atoms with Gasteiger partial charge in [0.25, 0.3) is 0 Å². The Bertz CT molecular complexity index is 555. The molecule has 0 aliphatic carbocycles. The molecule has 19 heavy (non-hydrogen) atoms. The molecule has 100 valence electrons. The summed E-state index contributed by atoms with van der Waals surface area (Å²) in [7, 11) is 0. The average molecular weight is 260 g/mol. The van der Waals surface area contributed by atoms with Crippen LogP contribution in [-0.2, 0) is 0 Å². The molecule has 1 atom stereocenters. The van der Waals surface area contributed by atoms with Gasteiger partial charge in [-0.15, -0.1) is 0 Å². The maximum absolute atomic E-state index is 13.1. The maximum atomic E-state index is 13.1. The van der Waals surface area contributed by atoms with E-state index in [1.54, 1.807) is 25.3 Å². The fourth-order valence-corrected chi connectivity index (χ4v) is 1.70. The summed E-state index contributed by atoms with van der Waals surface area (Å²) in [6.45, 7) is 3.71. The van der Waals surface area contributed by atoms with Crippen LogP contribution < -0.4 is 10.5 Å². The van der Waals surface area contributed by atoms with Crippen molar-refractivity contribution >= 4 is 0 Å². The third-order valence-electron chi connectivity index (χ3n) is 2.94. The van der Waals surface area contributed by atoms with Crippen molar-refractivity contribution in [2.45, 2.75) is 26.3 Å². The van der Waals surface area contributed by atoms with E-state index in [-0.39, 0.29) is 11.9 Å². The first-order chi connectivity index (χ1) is 9.10. The highest BCUT2D eigenvalue weighted by atomic mass is 19.1. The predicted molar refractivity (Wildman–Crippen MR) is 72.7 cm³/mol. The monoisotopic (exact) mass is 260 g/mol. The van der Waals surface area contributed by atoms with Crippen LogP contribution in [0.2, 0.25) is 0 Å². The van der Waals surface area contributed by atoms with Crippen molar-refractivity contribution in [2.75, 3.05) is 0 Å². The summed E-state index contributed by atoms with van der Waals surface area (Å²) in [5.41, 5.74) is 7.28. The lowest BCUT2D eigenvalue weighted by atomic mass is 10.1. The lowest BCUT2D eigenvalue weighted by Gasteiger charge is -2.10. The molecule has 0 saturated heterocycles. The van der Waals surface area contributed by atoms with Gasteiger partial charge in [0.15, 0.2) is 0 Å². The standard InChI is InChI=1S/C15H17FN2O/c1-3-14(17)15-7-5-12(9-18-15)19-11-4-6-13(16)10(2)8-11/h4-9,14H,3,17H2,1-2H3/t14-/m0/s1. The summed E-state index contributed by atoms with van der Waals surface area (Å²) >= 11 is 0. The van der Waals surface area contributed by atoms with Gasteiger partial charge in [-0.05, 0) is 49.2 Å². The Labute approximate surface area is 112 Å². The quantitative estimate of drug-likeness (QED) is 0.911. The number of hydrogen-bond acceptors (Lipinski definition) is 3. The van der Waals surface area contributed by atoms with Crippen molar-refractivity contribution in [3.05, 3.63) is 53.6 Å². The largest absolute Gasteiger partial charge is 0.456 e. The molecule has 4 heteroatoms. The van der Waals surface area contributed by atoms with Gasteiger partial charge in [-0.2, -0.15) is 0 Å². The van der Waals surface area contributed by atoms with E-state index in [0.29, 0.717) is 17.1 Å². The van der Waals surface area contributed by atoms with Crippen molar-refractivity contribution < 1.29 is 9.13 Å². The SMILES string of the molecule is CC[C@H](N)c1ccc(Oc2ccc(F)c(C)c2)cn1. The molecule has 0 aliphatic heterocycles. The van der Waals surface area contributed by atoms with Gasteiger partial charge in [0.05, 0.1) is 11.9 Å². The Morgan fingerprint density at radius 1 is 1.26 bits per heavy atom. The van der Waals surface area contributed by atoms with Gasteiger partial charge in [-0.1, -0.05) is 6.92 Å². The van der Waals surface area contributed by atoms with Crippen LogP contribution in [0.25, 0.3) is 0 Å². The van der Waals surface area contributed by atoms with E-state index in [1.807, 2.05) is 19.1 Å². The Kier molecular flexibility index (Phi) is 4.12. The van der Waals surface area contributed by atoms with Crippen LogP contribution in [0.1, 0.15) is 30.6 Å². The Morgan fingerprint density at radius 2 is 2.00 bits per heavy atom. The Morgan fingerprint density at radius 3 is 2.58 bits per heavy atom. The topological polar surface area (TPSA) is 48.1 Å². The van der Waals surface area contributed by atoms with Crippen LogP contribution in [0.5, 0.6) is 11.5 Å². The fourth-order valence-electron chi connectivity index (χ4n) is 1.70. The zero-order valence-corrected chi connectivity index (χ0v) is 11.1. The minimum atomic E-state index is -0.241. The summed E-state index contributed by atoms with van der Waals surface area (Å²) in [4.78, 5) is 4.26. The summed E-state index contributed by atoms with van der Waals surface area (Å²) in [6.07, 6.45) is 2.47. The molecule has 0 amide bonds. The number of benzene rings is 1. The molecule has 3 nitrogen and oxygen atoms in total. The summed E-state index contributed by atoms with van der Waals surface area (Å²) in [6, 6.07) is 8.24. The second-order valence-corrected chi connectivity index (χ2v) is 4.45. The van der Waals surface area contributed by atoms with Gasteiger partial charge in [0.1, 0.15) is 17.3 Å². The smallest absolute Gasteiger partial charge is 0.145 e. The molecule has 1 aromatic carbocycles. The van der Waals surface area contributed by atoms with E-state index < -0.39 is 0 Å². The number of aryl methyl sites for hydroxylation is 1. The number of rotatable bonds is 4. The van der Waals surface area contributed by atoms with Crippen LogP contribution in [0.15, 0.2) is 36.5 Å². The van der Waals surface area contributed by atoms with E-state index in [4.69, 9.17) is 10.5 Å². The van der Waals surface area contributed by atoms with Gasteiger partial charge in [0, 0.05) is 6.04 Å². The lowest BCUT2D eigenvalue weighted by molar-refractivity contribution is 0.476. The van der Waals surface area contributed by atoms with E-state index in [9.17, 15) is 4.39 Å². The minimum Gasteiger partial charge on any atom is -0.456 e. The van der Waals surface area contributed by atoms with Crippen molar-refractivity contribution in [3.63, 3.8) is 0 Å². The van der Waals surface area contributed by atoms with Crippen LogP contribution in [0, 0.1) is 12.7 Å². The molecule has 0 spiro atoms. The Balaban J connectivity index is 2.12. The molecule has 1 heterocycles. The van der Waals surface area contributed by atoms with Crippen molar-refractivity contribution in [1.82, 2.24) is 4.98 Å². The van der Waals surface area contributed by atoms with Gasteiger partial charge in [-0.25, -0.2) is 4.39 Å². The first-order valence-corrected chi connectivity index (χ1v) is 6.25. The Hall–Kier alpha value is -1.94. The van der Waals surface area contributed by atoms with Gasteiger partial charge >= 0.3 is 0 Å². The molecule has 0 saturated carbocycles. The second-order valence-electron chi connectivity index (χ2n) is 4.45. The van der Waals surface area contributed by atoms with Crippen LogP contribution in [0.4, 0.5) is 4.39 Å². The molecular weight excluding hydrogens is 243 g/mol.